The number of fused-ring (bicyclic) bond motifs is 3. The molecule has 4 aliphatic rings. The van der Waals surface area contributed by atoms with Crippen LogP contribution in [0.25, 0.3) is 0 Å². The van der Waals surface area contributed by atoms with Crippen molar-refractivity contribution in [1.29, 1.82) is 0 Å². The molecule has 222 valence electrons. The molecule has 8 N–H and O–H groups in total. The minimum Gasteiger partial charge on any atom is -0.510 e. The van der Waals surface area contributed by atoms with Gasteiger partial charge in [-0.05, 0) is 85.0 Å². The Labute approximate surface area is 239 Å². The lowest BCUT2D eigenvalue weighted by Gasteiger charge is -2.50. The Hall–Kier alpha value is -3.41. The third-order valence-corrected chi connectivity index (χ3v) is 9.14. The Morgan fingerprint density at radius 2 is 1.68 bits per heavy atom. The first kappa shape index (κ1) is 29.1. The summed E-state index contributed by atoms with van der Waals surface area (Å²) in [6.45, 7) is 8.45. The van der Waals surface area contributed by atoms with Crippen molar-refractivity contribution in [2.45, 2.75) is 82.1 Å². The molecule has 0 spiro atoms. The van der Waals surface area contributed by atoms with Crippen LogP contribution in [0, 0.1) is 11.8 Å². The van der Waals surface area contributed by atoms with Crippen LogP contribution in [-0.2, 0) is 16.0 Å². The zero-order valence-corrected chi connectivity index (χ0v) is 24.3. The predicted molar refractivity (Wildman–Crippen MR) is 152 cm³/mol. The predicted octanol–water partition coefficient (Wildman–Crippen LogP) is 1.84. The van der Waals surface area contributed by atoms with Crippen molar-refractivity contribution >= 4 is 23.2 Å². The molecular weight excluding hydrogens is 528 g/mol. The molecule has 11 nitrogen and oxygen atoms in total. The number of anilines is 1. The summed E-state index contributed by atoms with van der Waals surface area (Å²) in [5.74, 6) is -6.53. The molecule has 1 amide bonds. The van der Waals surface area contributed by atoms with Gasteiger partial charge in [-0.25, -0.2) is 0 Å². The molecule has 0 bridgehead atoms. The van der Waals surface area contributed by atoms with E-state index in [9.17, 15) is 34.8 Å². The number of nitrogens with two attached hydrogens (primary N) is 1. The Kier molecular flexibility index (Phi) is 6.60. The van der Waals surface area contributed by atoms with Gasteiger partial charge in [0.05, 0.1) is 17.3 Å². The lowest BCUT2D eigenvalue weighted by atomic mass is 9.58. The number of nitrogens with zero attached hydrogens (tertiary/aromatic N) is 1. The van der Waals surface area contributed by atoms with Crippen LogP contribution in [0.2, 0.25) is 0 Å². The highest BCUT2D eigenvalue weighted by Gasteiger charge is 2.63. The molecule has 5 rings (SSSR count). The molecule has 11 heteroatoms. The molecule has 1 aliphatic heterocycles. The average molecular weight is 569 g/mol. The summed E-state index contributed by atoms with van der Waals surface area (Å²) < 4.78 is 0. The highest BCUT2D eigenvalue weighted by molar-refractivity contribution is 6.24. The molecule has 1 aromatic carbocycles. The Morgan fingerprint density at radius 1 is 1.07 bits per heavy atom. The number of phenolic OH excluding ortho intramolecular Hbond substituents is 1. The number of aromatic hydroxyl groups is 1. The topological polar surface area (TPSA) is 185 Å². The van der Waals surface area contributed by atoms with Crippen LogP contribution in [0.5, 0.6) is 5.75 Å². The summed E-state index contributed by atoms with van der Waals surface area (Å²) >= 11 is 0. The Balaban J connectivity index is 1.57. The van der Waals surface area contributed by atoms with Crippen molar-refractivity contribution in [2.24, 2.45) is 17.6 Å². The fourth-order valence-corrected chi connectivity index (χ4v) is 7.99. The number of amides is 1. The van der Waals surface area contributed by atoms with Gasteiger partial charge in [-0.3, -0.25) is 19.3 Å². The zero-order chi connectivity index (χ0) is 30.4. The van der Waals surface area contributed by atoms with Crippen LogP contribution < -0.4 is 16.4 Å². The van der Waals surface area contributed by atoms with E-state index in [1.165, 1.54) is 4.90 Å². The lowest BCUT2D eigenvalue weighted by molar-refractivity contribution is -0.148. The fraction of sp³-hybridized carbons (Fsp3) is 0.567. The standard InChI is InChI=1S/C30H40N4O7/c1-28(2)11-15(12-29(3,4)33-28)32-17-8-7-13-9-14-10-16-21(34(5)6)24(37)20(27(31)40)26(39)30(16,41)25(38)19(14)23(36)18(13)22(17)35/h7-8,14-16,21,32-33,35,37-38,41H,9-12H2,1-6H3,(H2,31,40). The molecule has 1 aromatic rings. The Morgan fingerprint density at radius 3 is 2.24 bits per heavy atom. The van der Waals surface area contributed by atoms with Gasteiger partial charge in [-0.1, -0.05) is 6.07 Å². The van der Waals surface area contributed by atoms with Crippen LogP contribution >= 0.6 is 0 Å². The van der Waals surface area contributed by atoms with E-state index in [2.05, 4.69) is 38.3 Å². The number of nitrogens with one attached hydrogen (secondary N) is 2. The van der Waals surface area contributed by atoms with Crippen LogP contribution in [0.15, 0.2) is 34.8 Å². The van der Waals surface area contributed by atoms with Gasteiger partial charge in [0.2, 0.25) is 5.78 Å². The quantitative estimate of drug-likeness (QED) is 0.209. The second kappa shape index (κ2) is 9.30. The molecule has 3 aliphatic carbocycles. The SMILES string of the molecule is CN(C)C1C(O)=C(C(N)=O)C(=O)C2(O)C(O)=C3C(=O)c4c(ccc(NC5CC(C)(C)NC(C)(C)C5)c4O)CC3CC12. The van der Waals surface area contributed by atoms with Gasteiger partial charge in [0.15, 0.2) is 11.4 Å². The molecule has 1 fully saturated rings. The van der Waals surface area contributed by atoms with Crippen LogP contribution in [-0.4, -0.2) is 85.7 Å². The smallest absolute Gasteiger partial charge is 0.255 e. The molecule has 4 unspecified atom stereocenters. The number of aliphatic hydroxyl groups is 3. The first-order valence-electron chi connectivity index (χ1n) is 13.9. The number of Topliss-reactive ketones (excluding diaryl/α,β-unsaturated/α-hetero) is 2. The zero-order valence-electron chi connectivity index (χ0n) is 24.3. The van der Waals surface area contributed by atoms with Crippen molar-refractivity contribution in [3.8, 4) is 5.75 Å². The van der Waals surface area contributed by atoms with Gasteiger partial charge >= 0.3 is 0 Å². The number of carbonyl (C=O) groups is 3. The van der Waals surface area contributed by atoms with E-state index in [-0.39, 0.29) is 46.8 Å². The number of likely N-dealkylation sites (N-methyl/N-ethyl adjacent to an activating group) is 1. The highest BCUT2D eigenvalue weighted by Crippen LogP contribution is 2.52. The molecule has 0 radical (unpaired) electrons. The molecule has 1 saturated heterocycles. The van der Waals surface area contributed by atoms with Gasteiger partial charge in [0, 0.05) is 28.6 Å². The van der Waals surface area contributed by atoms with Crippen molar-refractivity contribution in [1.82, 2.24) is 10.2 Å². The number of hydrogen-bond donors (Lipinski definition) is 7. The number of allylic oxidation sites excluding steroid dienone is 1. The maximum Gasteiger partial charge on any atom is 0.255 e. The van der Waals surface area contributed by atoms with E-state index in [4.69, 9.17) is 5.73 Å². The van der Waals surface area contributed by atoms with Gasteiger partial charge in [0.1, 0.15) is 22.8 Å². The summed E-state index contributed by atoms with van der Waals surface area (Å²) in [6.07, 6.45) is 1.88. The van der Waals surface area contributed by atoms with E-state index in [0.717, 1.165) is 12.8 Å². The lowest BCUT2D eigenvalue weighted by Crippen LogP contribution is -2.63. The fourth-order valence-electron chi connectivity index (χ4n) is 7.99. The molecular formula is C30H40N4O7. The number of piperidine rings is 1. The molecule has 0 saturated carbocycles. The number of benzene rings is 1. The summed E-state index contributed by atoms with van der Waals surface area (Å²) in [4.78, 5) is 41.1. The van der Waals surface area contributed by atoms with Gasteiger partial charge < -0.3 is 36.8 Å². The molecule has 1 heterocycles. The number of ketones is 2. The monoisotopic (exact) mass is 568 g/mol. The number of hydrogen-bond acceptors (Lipinski definition) is 10. The third kappa shape index (κ3) is 4.41. The summed E-state index contributed by atoms with van der Waals surface area (Å²) in [5, 5.41) is 52.4. The number of aliphatic hydroxyl groups excluding tert-OH is 2. The number of carbonyl (C=O) groups excluding carboxylic acids is 3. The van der Waals surface area contributed by atoms with Gasteiger partial charge in [-0.2, -0.15) is 0 Å². The molecule has 4 atom stereocenters. The highest BCUT2D eigenvalue weighted by atomic mass is 16.3. The largest absolute Gasteiger partial charge is 0.510 e. The van der Waals surface area contributed by atoms with E-state index in [1.807, 2.05) is 0 Å². The number of phenols is 1. The van der Waals surface area contributed by atoms with E-state index < -0.39 is 58.0 Å². The molecule has 0 aromatic heterocycles. The van der Waals surface area contributed by atoms with Crippen LogP contribution in [0.1, 0.15) is 62.9 Å². The van der Waals surface area contributed by atoms with Crippen molar-refractivity contribution in [2.75, 3.05) is 19.4 Å². The summed E-state index contributed by atoms with van der Waals surface area (Å²) in [6, 6.07) is 2.52. The minimum atomic E-state index is -2.65. The first-order chi connectivity index (χ1) is 18.9. The van der Waals surface area contributed by atoms with E-state index >= 15 is 0 Å². The number of rotatable bonds is 4. The molecule has 41 heavy (non-hydrogen) atoms. The minimum absolute atomic E-state index is 0.00300. The summed E-state index contributed by atoms with van der Waals surface area (Å²) in [7, 11) is 3.20. The second-order valence-corrected chi connectivity index (χ2v) is 13.6. The maximum atomic E-state index is 13.9. The Bertz CT molecular complexity index is 1410. The van der Waals surface area contributed by atoms with Crippen molar-refractivity contribution in [3.05, 3.63) is 45.9 Å². The van der Waals surface area contributed by atoms with Gasteiger partial charge in [-0.15, -0.1) is 0 Å². The number of primary amides is 1. The van der Waals surface area contributed by atoms with E-state index in [1.54, 1.807) is 26.2 Å². The van der Waals surface area contributed by atoms with Crippen LogP contribution in [0.3, 0.4) is 0 Å². The summed E-state index contributed by atoms with van der Waals surface area (Å²) in [5.41, 5.74) is 2.42. The average Bonchev–Trinajstić information content (AvgIpc) is 2.80. The van der Waals surface area contributed by atoms with Crippen molar-refractivity contribution < 1.29 is 34.8 Å². The normalized spacial score (nSPS) is 31.1. The first-order valence-corrected chi connectivity index (χ1v) is 13.9. The third-order valence-electron chi connectivity index (χ3n) is 9.14. The second-order valence-electron chi connectivity index (χ2n) is 13.6. The van der Waals surface area contributed by atoms with Crippen LogP contribution in [0.4, 0.5) is 5.69 Å². The van der Waals surface area contributed by atoms with E-state index in [0.29, 0.717) is 11.3 Å². The van der Waals surface area contributed by atoms with Crippen molar-refractivity contribution in [3.63, 3.8) is 0 Å². The maximum absolute atomic E-state index is 13.9. The van der Waals surface area contributed by atoms with Gasteiger partial charge in [0.25, 0.3) is 5.91 Å².